The first kappa shape index (κ1) is 12.3. The Labute approximate surface area is 102 Å². The molecule has 0 aliphatic carbocycles. The first-order valence-electron chi connectivity index (χ1n) is 3.78. The monoisotopic (exact) mass is 318 g/mol. The van der Waals surface area contributed by atoms with E-state index in [0.29, 0.717) is 14.5 Å². The Morgan fingerprint density at radius 2 is 2.31 bits per heavy atom. The zero-order chi connectivity index (χ0) is 9.68. The molecule has 0 fully saturated rings. The third-order valence-corrected chi connectivity index (χ3v) is 8.71. The normalized spacial score (nSPS) is 10.6. The van der Waals surface area contributed by atoms with E-state index in [0.717, 1.165) is 14.2 Å². The summed E-state index contributed by atoms with van der Waals surface area (Å²) in [6.45, 7) is 2.41. The zero-order valence-corrected chi connectivity index (χ0v) is 12.1. The van der Waals surface area contributed by atoms with E-state index in [2.05, 4.69) is 6.92 Å². The van der Waals surface area contributed by atoms with Gasteiger partial charge in [-0.1, -0.05) is 0 Å². The molecule has 0 aliphatic rings. The second-order valence-electron chi connectivity index (χ2n) is 2.03. The van der Waals surface area contributed by atoms with Gasteiger partial charge in [0.15, 0.2) is 0 Å². The van der Waals surface area contributed by atoms with Gasteiger partial charge in [0.1, 0.15) is 0 Å². The van der Waals surface area contributed by atoms with Crippen molar-refractivity contribution in [2.75, 3.05) is 18.1 Å². The van der Waals surface area contributed by atoms with Crippen LogP contribution in [0.4, 0.5) is 0 Å². The van der Waals surface area contributed by atoms with Crippen LogP contribution in [0.3, 0.4) is 0 Å². The van der Waals surface area contributed by atoms with E-state index in [-0.39, 0.29) is 6.61 Å². The van der Waals surface area contributed by atoms with E-state index >= 15 is 0 Å². The fourth-order valence-electron chi connectivity index (χ4n) is 0.702. The third-order valence-electron chi connectivity index (χ3n) is 1.12. The van der Waals surface area contributed by atoms with Crippen LogP contribution in [-0.2, 0) is 0 Å². The standard InChI is InChI=1S/C7H10OS4Se/c1-2-10-6-5(11-4-3-8)12-7(9)13-6/h8H,2-4H2,1H3. The number of aliphatic hydroxyl groups excluding tert-OH is 1. The summed E-state index contributed by atoms with van der Waals surface area (Å²) in [6, 6.07) is 0. The average Bonchev–Trinajstić information content (AvgIpc) is 2.44. The van der Waals surface area contributed by atoms with Crippen molar-refractivity contribution in [1.29, 1.82) is 0 Å². The zero-order valence-electron chi connectivity index (χ0n) is 7.11. The van der Waals surface area contributed by atoms with E-state index in [1.54, 1.807) is 23.1 Å². The van der Waals surface area contributed by atoms with E-state index in [1.165, 1.54) is 7.98 Å². The van der Waals surface area contributed by atoms with Gasteiger partial charge in [-0.2, -0.15) is 0 Å². The minimum absolute atomic E-state index is 0.249. The molecule has 0 saturated heterocycles. The number of hydrogen-bond acceptors (Lipinski definition) is 5. The van der Waals surface area contributed by atoms with Crippen molar-refractivity contribution >= 4 is 61.6 Å². The molecule has 0 amide bonds. The van der Waals surface area contributed by atoms with E-state index in [4.69, 9.17) is 17.3 Å². The maximum atomic E-state index is 8.72. The second kappa shape index (κ2) is 6.67. The molecule has 1 heterocycles. The molecule has 1 N–H and O–H groups in total. The maximum absolute atomic E-state index is 8.72. The number of aliphatic hydroxyl groups is 1. The van der Waals surface area contributed by atoms with Crippen molar-refractivity contribution in [3.8, 4) is 0 Å². The number of rotatable bonds is 5. The van der Waals surface area contributed by atoms with Gasteiger partial charge in [0.2, 0.25) is 0 Å². The summed E-state index contributed by atoms with van der Waals surface area (Å²) in [6.07, 6.45) is 0. The summed E-state index contributed by atoms with van der Waals surface area (Å²) < 4.78 is 3.93. The predicted molar refractivity (Wildman–Crippen MR) is 66.3 cm³/mol. The van der Waals surface area contributed by atoms with Gasteiger partial charge in [-0.3, -0.25) is 0 Å². The summed E-state index contributed by atoms with van der Waals surface area (Å²) in [7, 11) is 0. The molecule has 1 aromatic heterocycles. The summed E-state index contributed by atoms with van der Waals surface area (Å²) in [5, 5.41) is 8.72. The van der Waals surface area contributed by atoms with Crippen LogP contribution in [0.25, 0.3) is 0 Å². The fourth-order valence-corrected chi connectivity index (χ4v) is 9.27. The van der Waals surface area contributed by atoms with Crippen LogP contribution < -0.4 is 0 Å². The van der Waals surface area contributed by atoms with Crippen LogP contribution in [0, 0.1) is 2.70 Å². The molecule has 0 atom stereocenters. The van der Waals surface area contributed by atoms with Gasteiger partial charge in [-0.25, -0.2) is 0 Å². The molecule has 1 aromatic rings. The van der Waals surface area contributed by atoms with Gasteiger partial charge in [0.05, 0.1) is 0 Å². The van der Waals surface area contributed by atoms with Crippen LogP contribution in [0.2, 0.25) is 0 Å². The summed E-state index contributed by atoms with van der Waals surface area (Å²) in [5.41, 5.74) is 0. The fraction of sp³-hybridized carbons (Fsp3) is 0.571. The van der Waals surface area contributed by atoms with Gasteiger partial charge in [-0.15, -0.1) is 0 Å². The first-order chi connectivity index (χ1) is 6.27. The molecule has 0 saturated carbocycles. The van der Waals surface area contributed by atoms with Crippen molar-refractivity contribution in [1.82, 2.24) is 0 Å². The van der Waals surface area contributed by atoms with E-state index < -0.39 is 0 Å². The summed E-state index contributed by atoms with van der Waals surface area (Å²) in [4.78, 5) is 0. The molecular weight excluding hydrogens is 307 g/mol. The molecule has 0 spiro atoms. The average molecular weight is 317 g/mol. The predicted octanol–water partition coefficient (Wildman–Crippen LogP) is 2.73. The quantitative estimate of drug-likeness (QED) is 0.512. The molecule has 0 aliphatic heterocycles. The molecule has 0 unspecified atom stereocenters. The van der Waals surface area contributed by atoms with E-state index in [9.17, 15) is 0 Å². The van der Waals surface area contributed by atoms with Gasteiger partial charge >= 0.3 is 102 Å². The van der Waals surface area contributed by atoms with Crippen molar-refractivity contribution in [2.24, 2.45) is 0 Å². The molecular formula is C7H10OS4Se. The van der Waals surface area contributed by atoms with Crippen molar-refractivity contribution in [2.45, 2.75) is 14.9 Å². The SMILES string of the molecule is CCSc1[se]c(=S)sc1SCCO. The molecule has 0 aromatic carbocycles. The van der Waals surface area contributed by atoms with Gasteiger partial charge in [0, 0.05) is 0 Å². The molecule has 6 heteroatoms. The van der Waals surface area contributed by atoms with Crippen LogP contribution >= 0.6 is 47.1 Å². The van der Waals surface area contributed by atoms with Crippen LogP contribution in [0.5, 0.6) is 0 Å². The summed E-state index contributed by atoms with van der Waals surface area (Å²) >= 11 is 11.0. The first-order valence-corrected chi connectivity index (χ1v) is 8.69. The summed E-state index contributed by atoms with van der Waals surface area (Å²) in [5.74, 6) is 1.90. The van der Waals surface area contributed by atoms with Crippen molar-refractivity contribution in [3.63, 3.8) is 0 Å². The topological polar surface area (TPSA) is 20.2 Å². The van der Waals surface area contributed by atoms with Gasteiger partial charge in [0.25, 0.3) is 0 Å². The van der Waals surface area contributed by atoms with Crippen LogP contribution in [0.1, 0.15) is 6.92 Å². The Bertz CT molecular complexity index is 306. The number of thioether (sulfide) groups is 2. The molecule has 13 heavy (non-hydrogen) atoms. The third kappa shape index (κ3) is 4.08. The molecule has 0 bridgehead atoms. The molecule has 1 nitrogen and oxygen atoms in total. The molecule has 74 valence electrons. The molecule has 0 radical (unpaired) electrons. The van der Waals surface area contributed by atoms with Crippen LogP contribution in [0.15, 0.2) is 7.98 Å². The Hall–Kier alpha value is 1.23. The van der Waals surface area contributed by atoms with Crippen molar-refractivity contribution < 1.29 is 5.11 Å². The van der Waals surface area contributed by atoms with Gasteiger partial charge in [-0.05, 0) is 0 Å². The van der Waals surface area contributed by atoms with E-state index in [1.807, 2.05) is 11.8 Å². The van der Waals surface area contributed by atoms with Gasteiger partial charge < -0.3 is 0 Å². The Kier molecular flexibility index (Phi) is 6.31. The number of hydrogen-bond donors (Lipinski definition) is 1. The van der Waals surface area contributed by atoms with Crippen LogP contribution in [-0.4, -0.2) is 37.7 Å². The Morgan fingerprint density at radius 1 is 1.54 bits per heavy atom. The Balaban J connectivity index is 2.72. The minimum atomic E-state index is 0.249. The Morgan fingerprint density at radius 3 is 2.92 bits per heavy atom. The second-order valence-corrected chi connectivity index (χ2v) is 10.3. The molecule has 1 rings (SSSR count). The van der Waals surface area contributed by atoms with Crippen molar-refractivity contribution in [3.05, 3.63) is 2.70 Å².